The van der Waals surface area contributed by atoms with Crippen LogP contribution in [0.5, 0.6) is 5.75 Å². The monoisotopic (exact) mass is 249 g/mol. The molecule has 2 atom stereocenters. The minimum Gasteiger partial charge on any atom is -0.492 e. The molecule has 1 aromatic carbocycles. The normalized spacial score (nSPS) is 22.0. The van der Waals surface area contributed by atoms with Crippen LogP contribution in [0.4, 0.5) is 0 Å². The van der Waals surface area contributed by atoms with Gasteiger partial charge in [0.15, 0.2) is 0 Å². The summed E-state index contributed by atoms with van der Waals surface area (Å²) in [6, 6.07) is 10.5. The molecule has 1 aliphatic rings. The van der Waals surface area contributed by atoms with Crippen molar-refractivity contribution < 1.29 is 9.84 Å². The largest absolute Gasteiger partial charge is 0.492 e. The Bertz CT molecular complexity index is 340. The predicted molar refractivity (Wildman–Crippen MR) is 72.8 cm³/mol. The van der Waals surface area contributed by atoms with Crippen molar-refractivity contribution >= 4 is 0 Å². The van der Waals surface area contributed by atoms with Crippen LogP contribution in [0.25, 0.3) is 0 Å². The van der Waals surface area contributed by atoms with Gasteiger partial charge in [-0.25, -0.2) is 0 Å². The number of hydrogen-bond acceptors (Lipinski definition) is 3. The molecule has 1 fully saturated rings. The second-order valence-corrected chi connectivity index (χ2v) is 5.08. The van der Waals surface area contributed by atoms with Crippen LogP contribution in [-0.4, -0.2) is 41.8 Å². The van der Waals surface area contributed by atoms with Gasteiger partial charge in [-0.2, -0.15) is 0 Å². The lowest BCUT2D eigenvalue weighted by molar-refractivity contribution is 0.124. The molecular formula is C15H23NO2. The first-order chi connectivity index (χ1) is 8.75. The lowest BCUT2D eigenvalue weighted by Gasteiger charge is -2.25. The summed E-state index contributed by atoms with van der Waals surface area (Å²) in [7, 11) is 0. The zero-order chi connectivity index (χ0) is 12.8. The Morgan fingerprint density at radius 1 is 1.39 bits per heavy atom. The maximum Gasteiger partial charge on any atom is 0.119 e. The number of ether oxygens (including phenoxy) is 1. The first-order valence-corrected chi connectivity index (χ1v) is 6.85. The van der Waals surface area contributed by atoms with Crippen molar-refractivity contribution in [2.45, 2.75) is 38.3 Å². The molecular weight excluding hydrogens is 226 g/mol. The third-order valence-electron chi connectivity index (χ3n) is 3.50. The molecule has 0 aliphatic carbocycles. The Labute approximate surface area is 109 Å². The number of benzene rings is 1. The van der Waals surface area contributed by atoms with Crippen molar-refractivity contribution in [1.82, 2.24) is 4.90 Å². The van der Waals surface area contributed by atoms with Crippen LogP contribution in [0.3, 0.4) is 0 Å². The number of aliphatic hydroxyl groups is 1. The molecule has 0 spiro atoms. The topological polar surface area (TPSA) is 32.7 Å². The summed E-state index contributed by atoms with van der Waals surface area (Å²) < 4.78 is 5.72. The van der Waals surface area contributed by atoms with E-state index in [1.807, 2.05) is 37.3 Å². The summed E-state index contributed by atoms with van der Waals surface area (Å²) in [6.45, 7) is 4.68. The molecule has 3 nitrogen and oxygen atoms in total. The highest BCUT2D eigenvalue weighted by Gasteiger charge is 2.25. The van der Waals surface area contributed by atoms with Crippen LogP contribution >= 0.6 is 0 Å². The molecule has 0 radical (unpaired) electrons. The Hall–Kier alpha value is -1.06. The summed E-state index contributed by atoms with van der Waals surface area (Å²) in [6.07, 6.45) is 3.12. The molecule has 1 N–H and O–H groups in total. The van der Waals surface area contributed by atoms with E-state index in [2.05, 4.69) is 4.90 Å². The van der Waals surface area contributed by atoms with E-state index in [0.29, 0.717) is 6.04 Å². The maximum atomic E-state index is 9.48. The molecule has 2 unspecified atom stereocenters. The highest BCUT2D eigenvalue weighted by atomic mass is 16.5. The second kappa shape index (κ2) is 6.76. The van der Waals surface area contributed by atoms with E-state index in [9.17, 15) is 5.11 Å². The van der Waals surface area contributed by atoms with Crippen molar-refractivity contribution in [2.24, 2.45) is 0 Å². The van der Waals surface area contributed by atoms with Gasteiger partial charge >= 0.3 is 0 Å². The Kier molecular flexibility index (Phi) is 5.02. The van der Waals surface area contributed by atoms with E-state index in [1.165, 1.54) is 12.8 Å². The lowest BCUT2D eigenvalue weighted by Crippen LogP contribution is -2.35. The quantitative estimate of drug-likeness (QED) is 0.839. The van der Waals surface area contributed by atoms with Crippen LogP contribution in [0.15, 0.2) is 30.3 Å². The minimum atomic E-state index is -0.203. The zero-order valence-electron chi connectivity index (χ0n) is 11.1. The van der Waals surface area contributed by atoms with Gasteiger partial charge in [0.25, 0.3) is 0 Å². The van der Waals surface area contributed by atoms with Gasteiger partial charge in [-0.1, -0.05) is 18.2 Å². The van der Waals surface area contributed by atoms with Crippen molar-refractivity contribution in [1.29, 1.82) is 0 Å². The highest BCUT2D eigenvalue weighted by molar-refractivity contribution is 5.20. The summed E-state index contributed by atoms with van der Waals surface area (Å²) >= 11 is 0. The number of likely N-dealkylation sites (tertiary alicyclic amines) is 1. The molecule has 0 saturated carbocycles. The van der Waals surface area contributed by atoms with Crippen molar-refractivity contribution in [3.8, 4) is 5.75 Å². The van der Waals surface area contributed by atoms with E-state index in [-0.39, 0.29) is 6.10 Å². The van der Waals surface area contributed by atoms with Crippen molar-refractivity contribution in [3.63, 3.8) is 0 Å². The van der Waals surface area contributed by atoms with Gasteiger partial charge in [0.05, 0.1) is 6.10 Å². The molecule has 3 heteroatoms. The SMILES string of the molecule is CC(O)CC1CCCN1CCOc1ccccc1. The van der Waals surface area contributed by atoms with Crippen molar-refractivity contribution in [3.05, 3.63) is 30.3 Å². The standard InChI is InChI=1S/C15H23NO2/c1-13(17)12-14-6-5-9-16(14)10-11-18-15-7-3-2-4-8-15/h2-4,7-8,13-14,17H,5-6,9-12H2,1H3. The summed E-state index contributed by atoms with van der Waals surface area (Å²) in [4.78, 5) is 2.44. The molecule has 0 amide bonds. The molecule has 18 heavy (non-hydrogen) atoms. The molecule has 2 rings (SSSR count). The lowest BCUT2D eigenvalue weighted by atomic mass is 10.1. The fraction of sp³-hybridized carbons (Fsp3) is 0.600. The average Bonchev–Trinajstić information content (AvgIpc) is 2.77. The predicted octanol–water partition coefficient (Wildman–Crippen LogP) is 2.30. The summed E-state index contributed by atoms with van der Waals surface area (Å²) in [5.41, 5.74) is 0. The van der Waals surface area contributed by atoms with Crippen LogP contribution in [-0.2, 0) is 0 Å². The van der Waals surface area contributed by atoms with E-state index in [0.717, 1.165) is 31.9 Å². The van der Waals surface area contributed by atoms with E-state index in [1.54, 1.807) is 0 Å². The molecule has 1 heterocycles. The first-order valence-electron chi connectivity index (χ1n) is 6.85. The number of nitrogens with zero attached hydrogens (tertiary/aromatic N) is 1. The van der Waals surface area contributed by atoms with E-state index in [4.69, 9.17) is 4.74 Å². The highest BCUT2D eigenvalue weighted by Crippen LogP contribution is 2.21. The molecule has 0 aromatic heterocycles. The van der Waals surface area contributed by atoms with Crippen LogP contribution in [0.1, 0.15) is 26.2 Å². The fourth-order valence-corrected chi connectivity index (χ4v) is 2.65. The average molecular weight is 249 g/mol. The summed E-state index contributed by atoms with van der Waals surface area (Å²) in [5, 5.41) is 9.48. The number of hydrogen-bond donors (Lipinski definition) is 1. The molecule has 1 saturated heterocycles. The zero-order valence-corrected chi connectivity index (χ0v) is 11.1. The minimum absolute atomic E-state index is 0.203. The third-order valence-corrected chi connectivity index (χ3v) is 3.50. The van der Waals surface area contributed by atoms with Gasteiger partial charge in [0.1, 0.15) is 12.4 Å². The second-order valence-electron chi connectivity index (χ2n) is 5.08. The molecule has 1 aliphatic heterocycles. The Balaban J connectivity index is 1.72. The number of aliphatic hydroxyl groups excluding tert-OH is 1. The van der Waals surface area contributed by atoms with Crippen LogP contribution < -0.4 is 4.74 Å². The molecule has 0 bridgehead atoms. The maximum absolute atomic E-state index is 9.48. The van der Waals surface area contributed by atoms with Gasteiger partial charge in [0, 0.05) is 12.6 Å². The van der Waals surface area contributed by atoms with E-state index >= 15 is 0 Å². The summed E-state index contributed by atoms with van der Waals surface area (Å²) in [5.74, 6) is 0.934. The van der Waals surface area contributed by atoms with Crippen LogP contribution in [0, 0.1) is 0 Å². The van der Waals surface area contributed by atoms with Crippen molar-refractivity contribution in [2.75, 3.05) is 19.7 Å². The Morgan fingerprint density at radius 3 is 2.89 bits per heavy atom. The number of para-hydroxylation sites is 1. The first kappa shape index (κ1) is 13.4. The van der Waals surface area contributed by atoms with Gasteiger partial charge in [-0.15, -0.1) is 0 Å². The third kappa shape index (κ3) is 4.00. The number of rotatable bonds is 6. The smallest absolute Gasteiger partial charge is 0.119 e. The van der Waals surface area contributed by atoms with Gasteiger partial charge in [-0.05, 0) is 44.9 Å². The fourth-order valence-electron chi connectivity index (χ4n) is 2.65. The van der Waals surface area contributed by atoms with Crippen LogP contribution in [0.2, 0.25) is 0 Å². The van der Waals surface area contributed by atoms with E-state index < -0.39 is 0 Å². The molecule has 1 aromatic rings. The van der Waals surface area contributed by atoms with Gasteiger partial charge < -0.3 is 9.84 Å². The van der Waals surface area contributed by atoms with Gasteiger partial charge in [0.2, 0.25) is 0 Å². The Morgan fingerprint density at radius 2 is 2.17 bits per heavy atom. The molecule has 100 valence electrons. The van der Waals surface area contributed by atoms with Gasteiger partial charge in [-0.3, -0.25) is 4.90 Å².